The van der Waals surface area contributed by atoms with Crippen LogP contribution < -0.4 is 57.1 Å². The molecule has 4 aliphatic heterocycles. The highest BCUT2D eigenvalue weighted by Crippen LogP contribution is 2.56. The van der Waals surface area contributed by atoms with E-state index < -0.39 is 0 Å². The number of hydrogen-bond acceptors (Lipinski definition) is 6. The van der Waals surface area contributed by atoms with Crippen LogP contribution in [0.1, 0.15) is 0 Å². The van der Waals surface area contributed by atoms with Crippen molar-refractivity contribution < 1.29 is 4.74 Å². The lowest BCUT2D eigenvalue weighted by molar-refractivity contribution is 0.486. The number of benzene rings is 16. The summed E-state index contributed by atoms with van der Waals surface area (Å²) in [7, 11) is 0. The highest BCUT2D eigenvalue weighted by Gasteiger charge is 2.48. The molecule has 0 N–H and O–H groups in total. The van der Waals surface area contributed by atoms with Crippen LogP contribution in [0.4, 0.5) is 68.2 Å². The predicted octanol–water partition coefficient (Wildman–Crippen LogP) is 22.1. The monoisotopic (exact) mass is 1340 g/mol. The van der Waals surface area contributed by atoms with Crippen molar-refractivity contribution in [1.82, 2.24) is 0 Å². The Morgan fingerprint density at radius 2 is 0.654 bits per heavy atom. The minimum absolute atomic E-state index is 0.153. The lowest BCUT2D eigenvalue weighted by Crippen LogP contribution is -2.64. The van der Waals surface area contributed by atoms with Gasteiger partial charge in [-0.1, -0.05) is 321 Å². The summed E-state index contributed by atoms with van der Waals surface area (Å²) in [5.74, 6) is 1.73. The van der Waals surface area contributed by atoms with Gasteiger partial charge in [-0.05, 0) is 134 Å². The Morgan fingerprint density at radius 3 is 1.21 bits per heavy atom. The molecule has 0 saturated heterocycles. The van der Waals surface area contributed by atoms with Crippen LogP contribution in [0.3, 0.4) is 0 Å². The smallest absolute Gasteiger partial charge is 0.253 e. The topological polar surface area (TPSA) is 22.2 Å². The van der Waals surface area contributed by atoms with E-state index in [-0.39, 0.29) is 13.4 Å². The third kappa shape index (κ3) is 10.2. The van der Waals surface area contributed by atoms with E-state index in [9.17, 15) is 0 Å². The molecule has 4 heterocycles. The van der Waals surface area contributed by atoms with E-state index >= 15 is 0 Å². The van der Waals surface area contributed by atoms with Gasteiger partial charge in [-0.3, -0.25) is 0 Å². The van der Waals surface area contributed by atoms with Gasteiger partial charge >= 0.3 is 0 Å². The lowest BCUT2D eigenvalue weighted by atomic mass is 9.31. The number of fused-ring (bicyclic) bond motifs is 8. The Hall–Kier alpha value is -13.0. The Morgan fingerprint density at radius 1 is 0.240 bits per heavy atom. The number of para-hydroxylation sites is 8. The molecule has 486 valence electrons. The third-order valence-corrected chi connectivity index (χ3v) is 22.2. The Labute approximate surface area is 611 Å². The normalized spacial score (nSPS) is 12.6. The molecule has 0 amide bonds. The van der Waals surface area contributed by atoms with Crippen molar-refractivity contribution in [3.63, 3.8) is 0 Å². The molecular weight excluding hydrogens is 1280 g/mol. The molecular formula is C96H64B2N4OS. The molecule has 0 atom stereocenters. The van der Waals surface area contributed by atoms with Gasteiger partial charge in [0.2, 0.25) is 0 Å². The van der Waals surface area contributed by atoms with Crippen molar-refractivity contribution >= 4 is 126 Å². The van der Waals surface area contributed by atoms with Crippen molar-refractivity contribution in [2.24, 2.45) is 0 Å². The van der Waals surface area contributed by atoms with Crippen LogP contribution in [0, 0.1) is 0 Å². The SMILES string of the molecule is c1ccc(-c2ccccc2N2c3cc4c(cc3B3c5ccccc5N(c5c(-c6ccccc6)cccc5-c5ccccc5)c5cc(N(c6ccccc6)c6c(-c7ccccc7)cccc6-c6ccccc6)cc2c53)B2c3ccccc3Oc3cc(N(c5ccccc5)c5ccccc5)cc(c32)S4)cc1. The van der Waals surface area contributed by atoms with E-state index in [0.29, 0.717) is 0 Å². The first-order chi connectivity index (χ1) is 51.6. The summed E-state index contributed by atoms with van der Waals surface area (Å²) in [4.78, 5) is 12.6. The van der Waals surface area contributed by atoms with Gasteiger partial charge in [0.25, 0.3) is 13.4 Å². The van der Waals surface area contributed by atoms with Crippen LogP contribution in [0.15, 0.2) is 398 Å². The summed E-state index contributed by atoms with van der Waals surface area (Å²) in [6.45, 7) is -0.415. The molecule has 0 aliphatic carbocycles. The maximum atomic E-state index is 7.24. The van der Waals surface area contributed by atoms with Crippen molar-refractivity contribution in [3.05, 3.63) is 388 Å². The largest absolute Gasteiger partial charge is 0.458 e. The molecule has 0 saturated carbocycles. The van der Waals surface area contributed by atoms with Crippen molar-refractivity contribution in [2.75, 3.05) is 19.6 Å². The molecule has 0 radical (unpaired) electrons. The van der Waals surface area contributed by atoms with E-state index in [1.54, 1.807) is 0 Å². The first-order valence-electron chi connectivity index (χ1n) is 35.7. The van der Waals surface area contributed by atoms with E-state index in [1.807, 2.05) is 11.8 Å². The van der Waals surface area contributed by atoms with Crippen LogP contribution in [0.25, 0.3) is 55.6 Å². The van der Waals surface area contributed by atoms with Crippen molar-refractivity contribution in [2.45, 2.75) is 9.79 Å². The van der Waals surface area contributed by atoms with Gasteiger partial charge in [-0.15, -0.1) is 0 Å². The maximum absolute atomic E-state index is 7.24. The van der Waals surface area contributed by atoms with Crippen molar-refractivity contribution in [3.8, 4) is 67.1 Å². The first-order valence-corrected chi connectivity index (χ1v) is 36.5. The summed E-state index contributed by atoms with van der Waals surface area (Å²) >= 11 is 1.86. The Kier molecular flexibility index (Phi) is 15.0. The van der Waals surface area contributed by atoms with Gasteiger partial charge in [-0.25, -0.2) is 0 Å². The van der Waals surface area contributed by atoms with Crippen LogP contribution in [0.5, 0.6) is 11.5 Å². The Balaban J connectivity index is 0.923. The summed E-state index contributed by atoms with van der Waals surface area (Å²) in [6.07, 6.45) is 0. The zero-order valence-corrected chi connectivity index (χ0v) is 57.5. The number of ether oxygens (including phenoxy) is 1. The van der Waals surface area contributed by atoms with Gasteiger partial charge in [0.05, 0.1) is 28.4 Å². The quantitative estimate of drug-likeness (QED) is 0.107. The number of nitrogens with zero attached hydrogens (tertiary/aromatic N) is 4. The molecule has 0 aromatic heterocycles. The molecule has 0 unspecified atom stereocenters. The summed E-state index contributed by atoms with van der Waals surface area (Å²) in [6, 6.07) is 143. The van der Waals surface area contributed by atoms with Crippen LogP contribution in [0.2, 0.25) is 0 Å². The second kappa shape index (κ2) is 25.6. The zero-order chi connectivity index (χ0) is 68.6. The molecule has 16 aromatic carbocycles. The fourth-order valence-corrected chi connectivity index (χ4v) is 17.9. The van der Waals surface area contributed by atoms with Gasteiger partial charge in [0.15, 0.2) is 0 Å². The molecule has 20 rings (SSSR count). The predicted molar refractivity (Wildman–Crippen MR) is 439 cm³/mol. The van der Waals surface area contributed by atoms with Gasteiger partial charge in [-0.2, -0.15) is 0 Å². The van der Waals surface area contributed by atoms with Gasteiger partial charge < -0.3 is 24.3 Å². The fraction of sp³-hybridized carbons (Fsp3) is 0. The molecule has 16 aromatic rings. The second-order valence-corrected chi connectivity index (χ2v) is 28.1. The van der Waals surface area contributed by atoms with Gasteiger partial charge in [0, 0.05) is 83.5 Å². The number of anilines is 12. The second-order valence-electron chi connectivity index (χ2n) is 27.0. The third-order valence-electron chi connectivity index (χ3n) is 21.1. The summed E-state index contributed by atoms with van der Waals surface area (Å²) in [5, 5.41) is 0. The summed E-state index contributed by atoms with van der Waals surface area (Å²) in [5.41, 5.74) is 31.3. The molecule has 0 fully saturated rings. The molecule has 0 bridgehead atoms. The van der Waals surface area contributed by atoms with Crippen LogP contribution >= 0.6 is 11.8 Å². The highest BCUT2D eigenvalue weighted by atomic mass is 32.2. The maximum Gasteiger partial charge on any atom is 0.253 e. The number of rotatable bonds is 13. The van der Waals surface area contributed by atoms with E-state index in [4.69, 9.17) is 4.74 Å². The van der Waals surface area contributed by atoms with Crippen LogP contribution in [-0.2, 0) is 0 Å². The van der Waals surface area contributed by atoms with E-state index in [2.05, 4.69) is 408 Å². The highest BCUT2D eigenvalue weighted by molar-refractivity contribution is 8.00. The number of hydrogen-bond donors (Lipinski definition) is 0. The molecule has 104 heavy (non-hydrogen) atoms. The Bertz CT molecular complexity index is 5800. The zero-order valence-electron chi connectivity index (χ0n) is 56.7. The summed E-state index contributed by atoms with van der Waals surface area (Å²) < 4.78 is 7.24. The molecule has 5 nitrogen and oxygen atoms in total. The van der Waals surface area contributed by atoms with E-state index in [0.717, 1.165) is 146 Å². The molecule has 8 heteroatoms. The van der Waals surface area contributed by atoms with Crippen LogP contribution in [-0.4, -0.2) is 13.4 Å². The minimum atomic E-state index is -0.263. The average Bonchev–Trinajstić information content (AvgIpc) is 0.687. The van der Waals surface area contributed by atoms with Crippen molar-refractivity contribution in [1.29, 1.82) is 0 Å². The first kappa shape index (κ1) is 60.9. The molecule has 4 aliphatic rings. The van der Waals surface area contributed by atoms with Gasteiger partial charge in [0.1, 0.15) is 11.5 Å². The lowest BCUT2D eigenvalue weighted by Gasteiger charge is -2.46. The standard InChI is InChI=1S/C96H64B2N4OS/c1-9-33-65(34-10-1)75-49-25-28-56-84(75)101-86-64-91-83(98-81-55-27-30-58-89(81)103-90-61-74(62-92(104-91)94(90)98)99(70-43-19-6-20-44-70)71-45-21-7-22-46-71)63-82(86)97-80-54-26-29-57-85(80)102(96-78(68-39-15-4-16-40-68)52-32-53-79(96)69-41-17-5-18-42-69)88-60-73(59-87(101)93(88)97)100(72-47-23-8-24-48-72)95-76(66-35-11-2-12-36-66)50-31-51-77(95)67-37-13-3-14-38-67/h1-64H. The average molecular weight is 1340 g/mol. The fourth-order valence-electron chi connectivity index (χ4n) is 16.7. The minimum Gasteiger partial charge on any atom is -0.458 e. The molecule has 0 spiro atoms. The van der Waals surface area contributed by atoms with E-state index in [1.165, 1.54) is 32.2 Å².